The number of hydrogen-bond donors (Lipinski definition) is 0. The van der Waals surface area contributed by atoms with Crippen LogP contribution in [-0.2, 0) is 16.3 Å². The molecular weight excluding hydrogens is 446 g/mol. The van der Waals surface area contributed by atoms with Crippen molar-refractivity contribution in [3.63, 3.8) is 0 Å². The van der Waals surface area contributed by atoms with E-state index in [4.69, 9.17) is 4.98 Å². The first-order valence-corrected chi connectivity index (χ1v) is 12.9. The highest BCUT2D eigenvalue weighted by atomic mass is 32.2. The Labute approximate surface area is 191 Å². The lowest BCUT2D eigenvalue weighted by Crippen LogP contribution is -2.39. The molecule has 1 fully saturated rings. The average Bonchev–Trinajstić information content (AvgIpc) is 3.21. The van der Waals surface area contributed by atoms with E-state index in [9.17, 15) is 18.5 Å². The van der Waals surface area contributed by atoms with E-state index >= 15 is 0 Å². The second kappa shape index (κ2) is 8.99. The van der Waals surface area contributed by atoms with Crippen LogP contribution in [0, 0.1) is 24.0 Å². The van der Waals surface area contributed by atoms with Crippen molar-refractivity contribution >= 4 is 32.0 Å². The predicted octanol–water partition coefficient (Wildman–Crippen LogP) is 4.70. The molecule has 1 saturated heterocycles. The summed E-state index contributed by atoms with van der Waals surface area (Å²) < 4.78 is 26.0. The second-order valence-electron chi connectivity index (χ2n) is 8.28. The number of hydrogen-bond acceptors (Lipinski definition) is 7. The topological polar surface area (TPSA) is 93.4 Å². The summed E-state index contributed by atoms with van der Waals surface area (Å²) in [6.45, 7) is 5.37. The van der Waals surface area contributed by atoms with Crippen LogP contribution in [0.25, 0.3) is 0 Å². The standard InChI is InChI=1S/C23H25N3O4S2/c1-16-10-17(2)12-18(11-16)13-19-15-31-23(24-19)25-8-6-21(7-9-25)32(29,30)22-5-3-4-20(14-22)26(27)28/h3-5,10-12,14-15,21H,6-9,13H2,1-2H3. The smallest absolute Gasteiger partial charge is 0.270 e. The number of piperidine rings is 1. The fourth-order valence-electron chi connectivity index (χ4n) is 4.23. The van der Waals surface area contributed by atoms with Gasteiger partial charge in [-0.15, -0.1) is 11.3 Å². The molecule has 1 aromatic heterocycles. The van der Waals surface area contributed by atoms with Gasteiger partial charge in [0.05, 0.1) is 20.8 Å². The van der Waals surface area contributed by atoms with E-state index in [0.29, 0.717) is 25.9 Å². The molecule has 9 heteroatoms. The van der Waals surface area contributed by atoms with E-state index in [1.807, 2.05) is 0 Å². The lowest BCUT2D eigenvalue weighted by atomic mass is 10.0. The van der Waals surface area contributed by atoms with Crippen molar-refractivity contribution in [2.45, 2.75) is 43.3 Å². The van der Waals surface area contributed by atoms with Crippen LogP contribution in [0.15, 0.2) is 52.7 Å². The molecule has 32 heavy (non-hydrogen) atoms. The highest BCUT2D eigenvalue weighted by molar-refractivity contribution is 7.92. The molecule has 1 aliphatic rings. The van der Waals surface area contributed by atoms with Gasteiger partial charge in [0.15, 0.2) is 15.0 Å². The van der Waals surface area contributed by atoms with Crippen molar-refractivity contribution in [1.82, 2.24) is 4.98 Å². The van der Waals surface area contributed by atoms with Crippen molar-refractivity contribution in [3.05, 3.63) is 80.3 Å². The molecular formula is C23H25N3O4S2. The number of aryl methyl sites for hydroxylation is 2. The van der Waals surface area contributed by atoms with E-state index in [-0.39, 0.29) is 10.6 Å². The van der Waals surface area contributed by atoms with Crippen molar-refractivity contribution in [2.75, 3.05) is 18.0 Å². The highest BCUT2D eigenvalue weighted by Crippen LogP contribution is 2.30. The molecule has 0 unspecified atom stereocenters. The van der Waals surface area contributed by atoms with Gasteiger partial charge in [-0.25, -0.2) is 13.4 Å². The molecule has 2 aromatic carbocycles. The molecule has 0 N–H and O–H groups in total. The summed E-state index contributed by atoms with van der Waals surface area (Å²) in [5.74, 6) is 0. The zero-order valence-electron chi connectivity index (χ0n) is 18.0. The Hall–Kier alpha value is -2.78. The first kappa shape index (κ1) is 22.4. The molecule has 7 nitrogen and oxygen atoms in total. The SMILES string of the molecule is Cc1cc(C)cc(Cc2csc(N3CCC(S(=O)(=O)c4cccc([N+](=O)[O-])c4)CC3)n2)c1. The van der Waals surface area contributed by atoms with Crippen LogP contribution in [0.2, 0.25) is 0 Å². The number of non-ortho nitro benzene ring substituents is 1. The molecule has 4 rings (SSSR count). The highest BCUT2D eigenvalue weighted by Gasteiger charge is 2.32. The summed E-state index contributed by atoms with van der Waals surface area (Å²) in [6.07, 6.45) is 1.71. The van der Waals surface area contributed by atoms with Crippen molar-refractivity contribution < 1.29 is 13.3 Å². The fourth-order valence-corrected chi connectivity index (χ4v) is 6.88. The average molecular weight is 472 g/mol. The lowest BCUT2D eigenvalue weighted by Gasteiger charge is -2.31. The normalized spacial score (nSPS) is 15.1. The van der Waals surface area contributed by atoms with Crippen molar-refractivity contribution in [2.24, 2.45) is 0 Å². The minimum atomic E-state index is -3.62. The number of nitrogens with zero attached hydrogens (tertiary/aromatic N) is 3. The Morgan fingerprint density at radius 2 is 1.81 bits per heavy atom. The molecule has 0 aliphatic carbocycles. The van der Waals surface area contributed by atoms with Gasteiger partial charge in [-0.05, 0) is 38.3 Å². The number of rotatable bonds is 6. The summed E-state index contributed by atoms with van der Waals surface area (Å²) in [5.41, 5.74) is 4.52. The molecule has 2 heterocycles. The van der Waals surface area contributed by atoms with Gasteiger partial charge < -0.3 is 4.90 Å². The van der Waals surface area contributed by atoms with Gasteiger partial charge in [0.25, 0.3) is 5.69 Å². The third-order valence-corrected chi connectivity index (χ3v) is 8.92. The predicted molar refractivity (Wildman–Crippen MR) is 126 cm³/mol. The van der Waals surface area contributed by atoms with E-state index in [1.165, 1.54) is 34.9 Å². The number of nitro groups is 1. The van der Waals surface area contributed by atoms with Gasteiger partial charge in [-0.2, -0.15) is 0 Å². The Morgan fingerprint density at radius 3 is 2.47 bits per heavy atom. The van der Waals surface area contributed by atoms with Gasteiger partial charge in [0, 0.05) is 37.0 Å². The number of sulfone groups is 1. The summed E-state index contributed by atoms with van der Waals surface area (Å²) >= 11 is 1.58. The monoisotopic (exact) mass is 471 g/mol. The van der Waals surface area contributed by atoms with Crippen LogP contribution in [0.3, 0.4) is 0 Å². The Bertz CT molecular complexity index is 1230. The maximum atomic E-state index is 13.0. The number of aromatic nitrogens is 1. The second-order valence-corrected chi connectivity index (χ2v) is 11.3. The van der Waals surface area contributed by atoms with Crippen LogP contribution >= 0.6 is 11.3 Å². The van der Waals surface area contributed by atoms with Crippen LogP contribution in [0.4, 0.5) is 10.8 Å². The van der Waals surface area contributed by atoms with Gasteiger partial charge in [-0.1, -0.05) is 35.4 Å². The van der Waals surface area contributed by atoms with E-state index in [2.05, 4.69) is 42.3 Å². The van der Waals surface area contributed by atoms with Gasteiger partial charge in [0.2, 0.25) is 0 Å². The summed E-state index contributed by atoms with van der Waals surface area (Å²) in [6, 6.07) is 11.8. The number of anilines is 1. The molecule has 0 amide bonds. The number of thiazole rings is 1. The molecule has 0 bridgehead atoms. The van der Waals surface area contributed by atoms with E-state index in [1.54, 1.807) is 11.3 Å². The molecule has 0 saturated carbocycles. The quantitative estimate of drug-likeness (QED) is 0.382. The fraction of sp³-hybridized carbons (Fsp3) is 0.348. The molecule has 0 spiro atoms. The van der Waals surface area contributed by atoms with Gasteiger partial charge in [-0.3, -0.25) is 10.1 Å². The zero-order valence-corrected chi connectivity index (χ0v) is 19.7. The Kier molecular flexibility index (Phi) is 6.30. The minimum Gasteiger partial charge on any atom is -0.348 e. The summed E-state index contributed by atoms with van der Waals surface area (Å²) in [7, 11) is -3.62. The van der Waals surface area contributed by atoms with E-state index < -0.39 is 20.0 Å². The zero-order chi connectivity index (χ0) is 22.9. The van der Waals surface area contributed by atoms with Crippen molar-refractivity contribution in [3.8, 4) is 0 Å². The third-order valence-electron chi connectivity index (χ3n) is 5.71. The lowest BCUT2D eigenvalue weighted by molar-refractivity contribution is -0.385. The van der Waals surface area contributed by atoms with Crippen molar-refractivity contribution in [1.29, 1.82) is 0 Å². The third kappa shape index (κ3) is 4.83. The summed E-state index contributed by atoms with van der Waals surface area (Å²) in [4.78, 5) is 17.4. The molecule has 0 radical (unpaired) electrons. The largest absolute Gasteiger partial charge is 0.348 e. The molecule has 1 aliphatic heterocycles. The van der Waals surface area contributed by atoms with Gasteiger partial charge in [0.1, 0.15) is 0 Å². The Balaban J connectivity index is 1.42. The first-order valence-electron chi connectivity index (χ1n) is 10.5. The number of benzene rings is 2. The number of nitro benzene ring substituents is 1. The Morgan fingerprint density at radius 1 is 1.12 bits per heavy atom. The van der Waals surface area contributed by atoms with Crippen LogP contribution in [0.1, 0.15) is 35.2 Å². The maximum Gasteiger partial charge on any atom is 0.270 e. The van der Waals surface area contributed by atoms with E-state index in [0.717, 1.165) is 23.3 Å². The minimum absolute atomic E-state index is 0.0233. The van der Waals surface area contributed by atoms with Gasteiger partial charge >= 0.3 is 0 Å². The van der Waals surface area contributed by atoms with Crippen LogP contribution in [0.5, 0.6) is 0 Å². The molecule has 0 atom stereocenters. The first-order chi connectivity index (χ1) is 15.2. The van der Waals surface area contributed by atoms with Crippen LogP contribution in [-0.4, -0.2) is 36.7 Å². The maximum absolute atomic E-state index is 13.0. The molecule has 3 aromatic rings. The summed E-state index contributed by atoms with van der Waals surface area (Å²) in [5, 5.41) is 13.4. The van der Waals surface area contributed by atoms with Crippen LogP contribution < -0.4 is 4.90 Å². The molecule has 168 valence electrons.